The van der Waals surface area contributed by atoms with Gasteiger partial charge in [0.25, 0.3) is 0 Å². The van der Waals surface area contributed by atoms with Gasteiger partial charge in [-0.15, -0.1) is 0 Å². The first kappa shape index (κ1) is 15.0. The molecule has 19 heavy (non-hydrogen) atoms. The molecule has 0 saturated carbocycles. The molecule has 6 heteroatoms. The molecule has 1 aromatic heterocycles. The summed E-state index contributed by atoms with van der Waals surface area (Å²) in [5.74, 6) is 0.616. The van der Waals surface area contributed by atoms with Crippen molar-refractivity contribution in [2.45, 2.75) is 19.8 Å². The average Bonchev–Trinajstić information content (AvgIpc) is 2.30. The molecule has 2 rings (SSSR count). The summed E-state index contributed by atoms with van der Waals surface area (Å²) in [5.41, 5.74) is 1.51. The predicted molar refractivity (Wildman–Crippen MR) is 84.3 cm³/mol. The van der Waals surface area contributed by atoms with Gasteiger partial charge in [-0.05, 0) is 24.1 Å². The molecule has 0 N–H and O–H groups in total. The van der Waals surface area contributed by atoms with Crippen LogP contribution >= 0.6 is 50.7 Å². The van der Waals surface area contributed by atoms with Crippen LogP contribution in [0.5, 0.6) is 0 Å². The third-order valence-corrected chi connectivity index (χ3v) is 4.10. The molecule has 0 spiro atoms. The van der Waals surface area contributed by atoms with Crippen molar-refractivity contribution in [3.8, 4) is 11.4 Å². The van der Waals surface area contributed by atoms with Gasteiger partial charge in [0.1, 0.15) is 10.3 Å². The molecule has 0 aliphatic carbocycles. The first-order valence-corrected chi connectivity index (χ1v) is 7.51. The van der Waals surface area contributed by atoms with E-state index in [0.29, 0.717) is 21.2 Å². The SMILES string of the molecule is CC(C)c1c(Cl)nc(-c2cc(Cl)ccc2Br)nc1Cl. The molecule has 0 aliphatic heterocycles. The summed E-state index contributed by atoms with van der Waals surface area (Å²) < 4.78 is 0.835. The monoisotopic (exact) mass is 378 g/mol. The lowest BCUT2D eigenvalue weighted by atomic mass is 10.1. The quantitative estimate of drug-likeness (QED) is 0.598. The van der Waals surface area contributed by atoms with Crippen molar-refractivity contribution in [3.63, 3.8) is 0 Å². The van der Waals surface area contributed by atoms with Crippen LogP contribution in [0.15, 0.2) is 22.7 Å². The van der Waals surface area contributed by atoms with E-state index in [1.165, 1.54) is 0 Å². The molecule has 2 aromatic rings. The van der Waals surface area contributed by atoms with E-state index in [9.17, 15) is 0 Å². The van der Waals surface area contributed by atoms with Crippen LogP contribution in [0.2, 0.25) is 15.3 Å². The third-order valence-electron chi connectivity index (χ3n) is 2.60. The fraction of sp³-hybridized carbons (Fsp3) is 0.231. The smallest absolute Gasteiger partial charge is 0.163 e. The van der Waals surface area contributed by atoms with Gasteiger partial charge in [-0.1, -0.05) is 64.6 Å². The summed E-state index contributed by atoms with van der Waals surface area (Å²) in [6, 6.07) is 5.38. The normalized spacial score (nSPS) is 11.1. The van der Waals surface area contributed by atoms with Crippen molar-refractivity contribution >= 4 is 50.7 Å². The van der Waals surface area contributed by atoms with Crippen LogP contribution in [-0.2, 0) is 0 Å². The van der Waals surface area contributed by atoms with Gasteiger partial charge >= 0.3 is 0 Å². The maximum Gasteiger partial charge on any atom is 0.163 e. The molecular formula is C13H10BrCl3N2. The van der Waals surface area contributed by atoms with E-state index < -0.39 is 0 Å². The molecule has 100 valence electrons. The maximum absolute atomic E-state index is 6.19. The average molecular weight is 380 g/mol. The van der Waals surface area contributed by atoms with E-state index in [-0.39, 0.29) is 5.92 Å². The van der Waals surface area contributed by atoms with Gasteiger partial charge in [0.15, 0.2) is 5.82 Å². The second kappa shape index (κ2) is 5.96. The number of nitrogens with zero attached hydrogens (tertiary/aromatic N) is 2. The van der Waals surface area contributed by atoms with Crippen LogP contribution < -0.4 is 0 Å². The number of hydrogen-bond donors (Lipinski definition) is 0. The van der Waals surface area contributed by atoms with Crippen molar-refractivity contribution in [2.75, 3.05) is 0 Å². The number of benzene rings is 1. The molecule has 0 bridgehead atoms. The van der Waals surface area contributed by atoms with Crippen LogP contribution in [0.25, 0.3) is 11.4 Å². The van der Waals surface area contributed by atoms with E-state index in [2.05, 4.69) is 25.9 Å². The fourth-order valence-electron chi connectivity index (χ4n) is 1.68. The van der Waals surface area contributed by atoms with E-state index in [1.807, 2.05) is 19.9 Å². The van der Waals surface area contributed by atoms with E-state index in [0.717, 1.165) is 15.6 Å². The molecular weight excluding hydrogens is 370 g/mol. The van der Waals surface area contributed by atoms with Crippen LogP contribution in [0.3, 0.4) is 0 Å². The highest BCUT2D eigenvalue weighted by molar-refractivity contribution is 9.10. The Balaban J connectivity index is 2.62. The highest BCUT2D eigenvalue weighted by Crippen LogP contribution is 2.34. The molecule has 2 nitrogen and oxygen atoms in total. The Hall–Kier alpha value is -0.350. The fourth-order valence-corrected chi connectivity index (χ4v) is 3.10. The highest BCUT2D eigenvalue weighted by Gasteiger charge is 2.16. The van der Waals surface area contributed by atoms with Crippen molar-refractivity contribution in [2.24, 2.45) is 0 Å². The van der Waals surface area contributed by atoms with Gasteiger partial charge in [-0.3, -0.25) is 0 Å². The van der Waals surface area contributed by atoms with E-state index >= 15 is 0 Å². The van der Waals surface area contributed by atoms with Crippen LogP contribution in [0, 0.1) is 0 Å². The minimum Gasteiger partial charge on any atom is -0.216 e. The van der Waals surface area contributed by atoms with E-state index in [1.54, 1.807) is 12.1 Å². The van der Waals surface area contributed by atoms with Crippen LogP contribution in [-0.4, -0.2) is 9.97 Å². The zero-order chi connectivity index (χ0) is 14.2. The highest BCUT2D eigenvalue weighted by atomic mass is 79.9. The van der Waals surface area contributed by atoms with Gasteiger partial charge in [0.2, 0.25) is 0 Å². The van der Waals surface area contributed by atoms with Crippen molar-refractivity contribution in [1.82, 2.24) is 9.97 Å². The minimum atomic E-state index is 0.164. The molecule has 0 saturated heterocycles. The largest absolute Gasteiger partial charge is 0.216 e. The van der Waals surface area contributed by atoms with Crippen molar-refractivity contribution in [3.05, 3.63) is 43.6 Å². The zero-order valence-electron chi connectivity index (χ0n) is 10.2. The van der Waals surface area contributed by atoms with Crippen molar-refractivity contribution in [1.29, 1.82) is 0 Å². The summed E-state index contributed by atoms with van der Waals surface area (Å²) in [5, 5.41) is 1.34. The topological polar surface area (TPSA) is 25.8 Å². The minimum absolute atomic E-state index is 0.164. The zero-order valence-corrected chi connectivity index (χ0v) is 14.1. The molecule has 0 atom stereocenters. The lowest BCUT2D eigenvalue weighted by Crippen LogP contribution is -1.99. The van der Waals surface area contributed by atoms with Gasteiger partial charge in [-0.25, -0.2) is 9.97 Å². The summed E-state index contributed by atoms with van der Waals surface area (Å²) in [6.07, 6.45) is 0. The molecule has 1 heterocycles. The van der Waals surface area contributed by atoms with Gasteiger partial charge < -0.3 is 0 Å². The van der Waals surface area contributed by atoms with Crippen molar-refractivity contribution < 1.29 is 0 Å². The molecule has 0 amide bonds. The Morgan fingerprint density at radius 1 is 1.05 bits per heavy atom. The molecule has 0 unspecified atom stereocenters. The first-order chi connectivity index (χ1) is 8.90. The Morgan fingerprint density at radius 2 is 1.63 bits per heavy atom. The van der Waals surface area contributed by atoms with Crippen LogP contribution in [0.1, 0.15) is 25.3 Å². The van der Waals surface area contributed by atoms with Gasteiger partial charge in [0, 0.05) is 20.6 Å². The lowest BCUT2D eigenvalue weighted by Gasteiger charge is -2.11. The Morgan fingerprint density at radius 3 is 2.16 bits per heavy atom. The summed E-state index contributed by atoms with van der Waals surface area (Å²) in [6.45, 7) is 3.98. The predicted octanol–water partition coefficient (Wildman–Crippen LogP) is 5.99. The Labute approximate surface area is 135 Å². The number of halogens is 4. The number of rotatable bonds is 2. The Kier molecular flexibility index (Phi) is 4.72. The van der Waals surface area contributed by atoms with Gasteiger partial charge in [-0.2, -0.15) is 0 Å². The van der Waals surface area contributed by atoms with Crippen LogP contribution in [0.4, 0.5) is 0 Å². The second-order valence-electron chi connectivity index (χ2n) is 4.32. The van der Waals surface area contributed by atoms with E-state index in [4.69, 9.17) is 34.8 Å². The third kappa shape index (κ3) is 3.22. The first-order valence-electron chi connectivity index (χ1n) is 5.58. The summed E-state index contributed by atoms with van der Waals surface area (Å²) in [4.78, 5) is 8.62. The molecule has 0 radical (unpaired) electrons. The van der Waals surface area contributed by atoms with Gasteiger partial charge in [0.05, 0.1) is 0 Å². The summed E-state index contributed by atoms with van der Waals surface area (Å²) >= 11 is 21.8. The molecule has 0 fully saturated rings. The Bertz CT molecular complexity index is 606. The maximum atomic E-state index is 6.19. The number of aromatic nitrogens is 2. The molecule has 0 aliphatic rings. The lowest BCUT2D eigenvalue weighted by molar-refractivity contribution is 0.848. The summed E-state index contributed by atoms with van der Waals surface area (Å²) in [7, 11) is 0. The second-order valence-corrected chi connectivity index (χ2v) is 6.33. The molecule has 1 aromatic carbocycles. The standard InChI is InChI=1S/C13H10BrCl3N2/c1-6(2)10-11(16)18-13(19-12(10)17)8-5-7(15)3-4-9(8)14/h3-6H,1-2H3. The number of hydrogen-bond acceptors (Lipinski definition) is 2.